The minimum Gasteiger partial charge on any atom is -0.393 e. The summed E-state index contributed by atoms with van der Waals surface area (Å²) in [6.45, 7) is 0. The van der Waals surface area contributed by atoms with Gasteiger partial charge in [0.05, 0.1) is 16.6 Å². The lowest BCUT2D eigenvalue weighted by Crippen LogP contribution is -1.95. The number of nitrogens with two attached hydrogens (primary N) is 1. The van der Waals surface area contributed by atoms with E-state index >= 15 is 0 Å². The SMILES string of the molecule is Nc1ccc(C#Cc2ccc3cn[nH]c3c2)cc1[N+](=O)[O-]. The minimum atomic E-state index is -0.517. The van der Waals surface area contributed by atoms with Crippen molar-refractivity contribution in [3.05, 3.63) is 63.8 Å². The molecule has 0 aliphatic rings. The molecule has 0 amide bonds. The molecule has 3 aromatic rings. The topological polar surface area (TPSA) is 97.8 Å². The van der Waals surface area contributed by atoms with Crippen molar-refractivity contribution in [2.24, 2.45) is 0 Å². The smallest absolute Gasteiger partial charge is 0.293 e. The molecule has 0 saturated heterocycles. The Morgan fingerprint density at radius 2 is 1.86 bits per heavy atom. The first-order valence-electron chi connectivity index (χ1n) is 6.12. The first-order valence-corrected chi connectivity index (χ1v) is 6.12. The molecule has 3 N–H and O–H groups in total. The summed E-state index contributed by atoms with van der Waals surface area (Å²) in [6.07, 6.45) is 1.73. The normalized spacial score (nSPS) is 10.1. The van der Waals surface area contributed by atoms with Crippen LogP contribution in [-0.4, -0.2) is 15.1 Å². The summed E-state index contributed by atoms with van der Waals surface area (Å²) in [7, 11) is 0. The number of H-pyrrole nitrogens is 1. The Labute approximate surface area is 119 Å². The van der Waals surface area contributed by atoms with Crippen LogP contribution in [0.5, 0.6) is 0 Å². The van der Waals surface area contributed by atoms with E-state index in [-0.39, 0.29) is 11.4 Å². The molecule has 0 fully saturated rings. The van der Waals surface area contributed by atoms with Crippen LogP contribution in [0.15, 0.2) is 42.6 Å². The molecular formula is C15H10N4O2. The number of hydrogen-bond donors (Lipinski definition) is 2. The molecule has 0 saturated carbocycles. The molecule has 1 heterocycles. The standard InChI is InChI=1S/C15H10N4O2/c16-13-6-4-11(8-15(13)19(20)21)2-1-10-3-5-12-9-17-18-14(12)7-10/h3-9H,16H2,(H,17,18). The van der Waals surface area contributed by atoms with E-state index in [9.17, 15) is 10.1 Å². The van der Waals surface area contributed by atoms with Gasteiger partial charge < -0.3 is 5.73 Å². The van der Waals surface area contributed by atoms with E-state index in [2.05, 4.69) is 22.0 Å². The first kappa shape index (κ1) is 12.7. The van der Waals surface area contributed by atoms with Gasteiger partial charge in [0, 0.05) is 22.6 Å². The molecule has 1 aromatic heterocycles. The van der Waals surface area contributed by atoms with Gasteiger partial charge in [0.25, 0.3) is 5.69 Å². The fourth-order valence-electron chi connectivity index (χ4n) is 1.94. The van der Waals surface area contributed by atoms with Gasteiger partial charge >= 0.3 is 0 Å². The zero-order valence-corrected chi connectivity index (χ0v) is 10.8. The maximum Gasteiger partial charge on any atom is 0.293 e. The number of nitrogens with one attached hydrogen (secondary N) is 1. The van der Waals surface area contributed by atoms with E-state index in [4.69, 9.17) is 5.73 Å². The third-order valence-corrected chi connectivity index (χ3v) is 3.02. The molecule has 0 spiro atoms. The number of nitrogen functional groups attached to an aromatic ring is 1. The van der Waals surface area contributed by atoms with Gasteiger partial charge in [0.2, 0.25) is 0 Å². The zero-order chi connectivity index (χ0) is 14.8. The average molecular weight is 278 g/mol. The van der Waals surface area contributed by atoms with Crippen LogP contribution >= 0.6 is 0 Å². The van der Waals surface area contributed by atoms with E-state index in [1.54, 1.807) is 12.3 Å². The molecule has 0 aliphatic heterocycles. The molecule has 0 unspecified atom stereocenters. The molecule has 6 heteroatoms. The van der Waals surface area contributed by atoms with Crippen LogP contribution in [-0.2, 0) is 0 Å². The second-order valence-corrected chi connectivity index (χ2v) is 4.45. The Hall–Kier alpha value is -3.33. The molecule has 0 bridgehead atoms. The molecule has 0 radical (unpaired) electrons. The van der Waals surface area contributed by atoms with Gasteiger partial charge in [-0.05, 0) is 30.3 Å². The predicted molar refractivity (Wildman–Crippen MR) is 79.6 cm³/mol. The Morgan fingerprint density at radius 1 is 1.14 bits per heavy atom. The number of nitro benzene ring substituents is 1. The van der Waals surface area contributed by atoms with Gasteiger partial charge in [-0.25, -0.2) is 0 Å². The van der Waals surface area contributed by atoms with Crippen LogP contribution in [0.4, 0.5) is 11.4 Å². The lowest BCUT2D eigenvalue weighted by molar-refractivity contribution is -0.383. The number of benzene rings is 2. The molecule has 102 valence electrons. The largest absolute Gasteiger partial charge is 0.393 e. The number of aromatic amines is 1. The first-order chi connectivity index (χ1) is 10.1. The third kappa shape index (κ3) is 2.53. The fraction of sp³-hybridized carbons (Fsp3) is 0. The molecule has 3 rings (SSSR count). The van der Waals surface area contributed by atoms with Gasteiger partial charge in [0.15, 0.2) is 0 Å². The summed E-state index contributed by atoms with van der Waals surface area (Å²) in [6, 6.07) is 10.2. The molecule has 21 heavy (non-hydrogen) atoms. The fourth-order valence-corrected chi connectivity index (χ4v) is 1.94. The Morgan fingerprint density at radius 3 is 2.62 bits per heavy atom. The van der Waals surface area contributed by atoms with E-state index in [0.717, 1.165) is 16.5 Å². The summed E-state index contributed by atoms with van der Waals surface area (Å²) < 4.78 is 0. The van der Waals surface area contributed by atoms with Gasteiger partial charge in [-0.2, -0.15) is 5.10 Å². The lowest BCUT2D eigenvalue weighted by Gasteiger charge is -1.97. The van der Waals surface area contributed by atoms with E-state index in [0.29, 0.717) is 5.56 Å². The Balaban J connectivity index is 1.96. The number of hydrogen-bond acceptors (Lipinski definition) is 4. The second kappa shape index (κ2) is 4.98. The van der Waals surface area contributed by atoms with Crippen molar-refractivity contribution in [2.75, 3.05) is 5.73 Å². The van der Waals surface area contributed by atoms with E-state index in [1.165, 1.54) is 12.1 Å². The number of aromatic nitrogens is 2. The Kier molecular flexibility index (Phi) is 3.01. The van der Waals surface area contributed by atoms with Crippen molar-refractivity contribution >= 4 is 22.3 Å². The summed E-state index contributed by atoms with van der Waals surface area (Å²) in [4.78, 5) is 10.3. The summed E-state index contributed by atoms with van der Waals surface area (Å²) in [5, 5.41) is 18.6. The van der Waals surface area contributed by atoms with Crippen molar-refractivity contribution in [3.8, 4) is 11.8 Å². The minimum absolute atomic E-state index is 0.129. The summed E-state index contributed by atoms with van der Waals surface area (Å²) in [5.74, 6) is 5.86. The number of fused-ring (bicyclic) bond motifs is 1. The second-order valence-electron chi connectivity index (χ2n) is 4.45. The number of nitrogens with zero attached hydrogens (tertiary/aromatic N) is 2. The highest BCUT2D eigenvalue weighted by Crippen LogP contribution is 2.21. The van der Waals surface area contributed by atoms with Crippen LogP contribution in [0.3, 0.4) is 0 Å². The number of anilines is 1. The van der Waals surface area contributed by atoms with Crippen LogP contribution in [0.1, 0.15) is 11.1 Å². The van der Waals surface area contributed by atoms with Crippen LogP contribution in [0.2, 0.25) is 0 Å². The maximum atomic E-state index is 10.8. The molecule has 0 atom stereocenters. The van der Waals surface area contributed by atoms with Crippen molar-refractivity contribution in [3.63, 3.8) is 0 Å². The van der Waals surface area contributed by atoms with Crippen molar-refractivity contribution in [1.82, 2.24) is 10.2 Å². The monoisotopic (exact) mass is 278 g/mol. The summed E-state index contributed by atoms with van der Waals surface area (Å²) in [5.41, 5.74) is 7.78. The van der Waals surface area contributed by atoms with Gasteiger partial charge in [-0.15, -0.1) is 0 Å². The molecule has 0 aliphatic carbocycles. The highest BCUT2D eigenvalue weighted by molar-refractivity contribution is 5.79. The molecule has 2 aromatic carbocycles. The van der Waals surface area contributed by atoms with Gasteiger partial charge in [0.1, 0.15) is 5.69 Å². The third-order valence-electron chi connectivity index (χ3n) is 3.02. The van der Waals surface area contributed by atoms with Crippen LogP contribution < -0.4 is 5.73 Å². The Bertz CT molecular complexity index is 903. The average Bonchev–Trinajstić information content (AvgIpc) is 2.93. The van der Waals surface area contributed by atoms with Crippen molar-refractivity contribution in [2.45, 2.75) is 0 Å². The molecule has 6 nitrogen and oxygen atoms in total. The maximum absolute atomic E-state index is 10.8. The molecular weight excluding hydrogens is 268 g/mol. The van der Waals surface area contributed by atoms with Gasteiger partial charge in [-0.1, -0.05) is 11.8 Å². The zero-order valence-electron chi connectivity index (χ0n) is 10.8. The number of nitro groups is 1. The highest BCUT2D eigenvalue weighted by atomic mass is 16.6. The quantitative estimate of drug-likeness (QED) is 0.309. The lowest BCUT2D eigenvalue weighted by atomic mass is 10.1. The van der Waals surface area contributed by atoms with Crippen molar-refractivity contribution < 1.29 is 4.92 Å². The van der Waals surface area contributed by atoms with Crippen molar-refractivity contribution in [1.29, 1.82) is 0 Å². The predicted octanol–water partition coefficient (Wildman–Crippen LogP) is 2.45. The highest BCUT2D eigenvalue weighted by Gasteiger charge is 2.10. The van der Waals surface area contributed by atoms with Gasteiger partial charge in [-0.3, -0.25) is 15.2 Å². The van der Waals surface area contributed by atoms with E-state index in [1.807, 2.05) is 18.2 Å². The van der Waals surface area contributed by atoms with E-state index < -0.39 is 4.92 Å². The van der Waals surface area contributed by atoms with Crippen LogP contribution in [0.25, 0.3) is 10.9 Å². The number of rotatable bonds is 1. The summed E-state index contributed by atoms with van der Waals surface area (Å²) >= 11 is 0. The van der Waals surface area contributed by atoms with Crippen LogP contribution in [0, 0.1) is 22.0 Å².